The van der Waals surface area contributed by atoms with Crippen molar-refractivity contribution in [3.8, 4) is 0 Å². The molecule has 1 heterocycles. The molecule has 4 rings (SSSR count). The summed E-state index contributed by atoms with van der Waals surface area (Å²) in [6.07, 6.45) is -0.116. The molecule has 3 aromatic carbocycles. The fourth-order valence-electron chi connectivity index (χ4n) is 3.61. The second-order valence-electron chi connectivity index (χ2n) is 8.16. The minimum atomic E-state index is -0.647. The summed E-state index contributed by atoms with van der Waals surface area (Å²) in [6.45, 7) is 1.86. The van der Waals surface area contributed by atoms with Crippen LogP contribution < -0.4 is 16.4 Å². The Morgan fingerprint density at radius 2 is 1.67 bits per heavy atom. The highest BCUT2D eigenvalue weighted by molar-refractivity contribution is 6.04. The van der Waals surface area contributed by atoms with Gasteiger partial charge in [0.25, 0.3) is 11.8 Å². The molecule has 184 valence electrons. The van der Waals surface area contributed by atoms with Gasteiger partial charge >= 0.3 is 11.7 Å². The lowest BCUT2D eigenvalue weighted by atomic mass is 10.1. The predicted octanol–water partition coefficient (Wildman–Crippen LogP) is 3.40. The van der Waals surface area contributed by atoms with Gasteiger partial charge in [0.05, 0.1) is 23.2 Å². The molecule has 0 aliphatic rings. The number of aryl methyl sites for hydroxylation is 2. The molecule has 0 fully saturated rings. The molecule has 0 atom stereocenters. The van der Waals surface area contributed by atoms with Crippen LogP contribution in [0.2, 0.25) is 0 Å². The Balaban J connectivity index is 1.28. The summed E-state index contributed by atoms with van der Waals surface area (Å²) in [7, 11) is 0. The third-order valence-corrected chi connectivity index (χ3v) is 5.50. The van der Waals surface area contributed by atoms with Crippen LogP contribution in [0.4, 0.5) is 5.69 Å². The van der Waals surface area contributed by atoms with E-state index in [0.29, 0.717) is 23.3 Å². The van der Waals surface area contributed by atoms with Gasteiger partial charge in [-0.2, -0.15) is 0 Å². The Hall–Kier alpha value is -4.66. The lowest BCUT2D eigenvalue weighted by molar-refractivity contribution is -0.147. The molecule has 2 N–H and O–H groups in total. The number of rotatable bonds is 9. The molecule has 0 aliphatic carbocycles. The third kappa shape index (κ3) is 6.06. The van der Waals surface area contributed by atoms with Crippen LogP contribution >= 0.6 is 0 Å². The maximum Gasteiger partial charge on any atom is 0.419 e. The molecule has 0 unspecified atom stereocenters. The van der Waals surface area contributed by atoms with Gasteiger partial charge in [-0.15, -0.1) is 0 Å². The van der Waals surface area contributed by atoms with E-state index in [-0.39, 0.29) is 24.4 Å². The van der Waals surface area contributed by atoms with Gasteiger partial charge in [0.2, 0.25) is 0 Å². The number of aromatic nitrogens is 1. The van der Waals surface area contributed by atoms with E-state index in [9.17, 15) is 19.2 Å². The SMILES string of the molecule is Cc1ccc(CNC(=O)c2ccccc2NC(=O)COC(=O)CCn2c(=O)oc3ccccc32)cc1. The van der Waals surface area contributed by atoms with Crippen LogP contribution in [0.25, 0.3) is 11.1 Å². The largest absolute Gasteiger partial charge is 0.456 e. The molecule has 0 spiro atoms. The number of hydrogen-bond acceptors (Lipinski definition) is 6. The van der Waals surface area contributed by atoms with Crippen molar-refractivity contribution in [2.75, 3.05) is 11.9 Å². The summed E-state index contributed by atoms with van der Waals surface area (Å²) in [5, 5.41) is 5.44. The molecule has 36 heavy (non-hydrogen) atoms. The van der Waals surface area contributed by atoms with Gasteiger partial charge in [0.15, 0.2) is 12.2 Å². The Bertz CT molecular complexity index is 1450. The average molecular weight is 488 g/mol. The third-order valence-electron chi connectivity index (χ3n) is 5.50. The van der Waals surface area contributed by atoms with Crippen molar-refractivity contribution in [2.24, 2.45) is 0 Å². The van der Waals surface area contributed by atoms with Crippen LogP contribution in [0.5, 0.6) is 0 Å². The second-order valence-corrected chi connectivity index (χ2v) is 8.16. The van der Waals surface area contributed by atoms with Gasteiger partial charge in [-0.3, -0.25) is 19.0 Å². The second kappa shape index (κ2) is 11.2. The number of benzene rings is 3. The number of ether oxygens (including phenoxy) is 1. The van der Waals surface area contributed by atoms with Crippen molar-refractivity contribution >= 4 is 34.6 Å². The highest BCUT2D eigenvalue weighted by atomic mass is 16.5. The van der Waals surface area contributed by atoms with Crippen molar-refractivity contribution in [1.29, 1.82) is 0 Å². The summed E-state index contributed by atoms with van der Waals surface area (Å²) in [5.41, 5.74) is 3.67. The highest BCUT2D eigenvalue weighted by Crippen LogP contribution is 2.16. The van der Waals surface area contributed by atoms with Crippen LogP contribution in [-0.2, 0) is 27.4 Å². The van der Waals surface area contributed by atoms with E-state index in [0.717, 1.165) is 11.1 Å². The Morgan fingerprint density at radius 1 is 0.944 bits per heavy atom. The molecular weight excluding hydrogens is 462 g/mol. The van der Waals surface area contributed by atoms with Crippen molar-refractivity contribution in [2.45, 2.75) is 26.4 Å². The minimum absolute atomic E-state index is 0.0558. The lowest BCUT2D eigenvalue weighted by Crippen LogP contribution is -2.26. The van der Waals surface area contributed by atoms with Gasteiger partial charge in [-0.1, -0.05) is 54.1 Å². The summed E-state index contributed by atoms with van der Waals surface area (Å²) >= 11 is 0. The maximum absolute atomic E-state index is 12.7. The van der Waals surface area contributed by atoms with Crippen LogP contribution in [0.3, 0.4) is 0 Å². The standard InChI is InChI=1S/C27H25N3O6/c1-18-10-12-19(13-11-18)16-28-26(33)20-6-2-3-7-21(20)29-24(31)17-35-25(32)14-15-30-22-8-4-5-9-23(22)36-27(30)34/h2-13H,14-17H2,1H3,(H,28,33)(H,29,31). The number of carbonyl (C=O) groups excluding carboxylic acids is 3. The average Bonchev–Trinajstić information content (AvgIpc) is 3.20. The number of nitrogens with one attached hydrogen (secondary N) is 2. The molecule has 0 aliphatic heterocycles. The number of fused-ring (bicyclic) bond motifs is 1. The quantitative estimate of drug-likeness (QED) is 0.349. The number of para-hydroxylation sites is 3. The first-order valence-corrected chi connectivity index (χ1v) is 11.4. The summed E-state index contributed by atoms with van der Waals surface area (Å²) in [6, 6.07) is 21.3. The van der Waals surface area contributed by atoms with Crippen LogP contribution in [0, 0.1) is 6.92 Å². The zero-order chi connectivity index (χ0) is 25.5. The zero-order valence-electron chi connectivity index (χ0n) is 19.7. The normalized spacial score (nSPS) is 10.7. The molecule has 9 heteroatoms. The summed E-state index contributed by atoms with van der Waals surface area (Å²) in [4.78, 5) is 49.2. The number of amides is 2. The van der Waals surface area contributed by atoms with Gasteiger partial charge in [-0.05, 0) is 36.8 Å². The topological polar surface area (TPSA) is 120 Å². The molecule has 0 radical (unpaired) electrons. The van der Waals surface area contributed by atoms with Crippen molar-refractivity contribution in [1.82, 2.24) is 9.88 Å². The van der Waals surface area contributed by atoms with Gasteiger partial charge in [-0.25, -0.2) is 4.79 Å². The van der Waals surface area contributed by atoms with E-state index in [4.69, 9.17) is 9.15 Å². The zero-order valence-corrected chi connectivity index (χ0v) is 19.7. The minimum Gasteiger partial charge on any atom is -0.456 e. The number of carbonyl (C=O) groups is 3. The summed E-state index contributed by atoms with van der Waals surface area (Å²) in [5.74, 6) is -2.15. The van der Waals surface area contributed by atoms with Gasteiger partial charge in [0, 0.05) is 13.1 Å². The Morgan fingerprint density at radius 3 is 2.47 bits per heavy atom. The van der Waals surface area contributed by atoms with Crippen molar-refractivity contribution in [3.05, 3.63) is 100 Å². The van der Waals surface area contributed by atoms with Gasteiger partial charge < -0.3 is 19.8 Å². The van der Waals surface area contributed by atoms with E-state index < -0.39 is 24.2 Å². The number of hydrogen-bond donors (Lipinski definition) is 2. The first kappa shape index (κ1) is 24.5. The van der Waals surface area contributed by atoms with Crippen LogP contribution in [-0.4, -0.2) is 29.0 Å². The van der Waals surface area contributed by atoms with E-state index >= 15 is 0 Å². The Kier molecular flexibility index (Phi) is 7.60. The summed E-state index contributed by atoms with van der Waals surface area (Å²) < 4.78 is 11.5. The predicted molar refractivity (Wildman–Crippen MR) is 133 cm³/mol. The van der Waals surface area contributed by atoms with E-state index in [1.807, 2.05) is 31.2 Å². The number of oxazole rings is 1. The maximum atomic E-state index is 12.7. The van der Waals surface area contributed by atoms with Crippen LogP contribution in [0.15, 0.2) is 82.0 Å². The monoisotopic (exact) mass is 487 g/mol. The fourth-order valence-corrected chi connectivity index (χ4v) is 3.61. The number of nitrogens with zero attached hydrogens (tertiary/aromatic N) is 1. The van der Waals surface area contributed by atoms with E-state index in [1.165, 1.54) is 4.57 Å². The molecule has 2 amide bonds. The van der Waals surface area contributed by atoms with Gasteiger partial charge in [0.1, 0.15) is 0 Å². The highest BCUT2D eigenvalue weighted by Gasteiger charge is 2.15. The molecule has 0 saturated heterocycles. The fraction of sp³-hybridized carbons (Fsp3) is 0.185. The van der Waals surface area contributed by atoms with E-state index in [1.54, 1.807) is 48.5 Å². The van der Waals surface area contributed by atoms with Crippen molar-refractivity contribution < 1.29 is 23.5 Å². The molecule has 1 aromatic heterocycles. The first-order valence-electron chi connectivity index (χ1n) is 11.4. The Labute approximate surface area is 206 Å². The molecule has 0 bridgehead atoms. The number of esters is 1. The van der Waals surface area contributed by atoms with Crippen molar-refractivity contribution in [3.63, 3.8) is 0 Å². The first-order chi connectivity index (χ1) is 17.4. The molecule has 9 nitrogen and oxygen atoms in total. The molecule has 4 aromatic rings. The molecular formula is C27H25N3O6. The lowest BCUT2D eigenvalue weighted by Gasteiger charge is -2.12. The van der Waals surface area contributed by atoms with E-state index in [2.05, 4.69) is 10.6 Å². The number of anilines is 1. The smallest absolute Gasteiger partial charge is 0.419 e. The van der Waals surface area contributed by atoms with Crippen LogP contribution in [0.1, 0.15) is 27.9 Å². The molecule has 0 saturated carbocycles.